The Morgan fingerprint density at radius 1 is 0.737 bits per heavy atom. The second-order valence-corrected chi connectivity index (χ2v) is 18.3. The number of carbonyl (C=O) groups is 4. The van der Waals surface area contributed by atoms with Gasteiger partial charge in [-0.2, -0.15) is 0 Å². The summed E-state index contributed by atoms with van der Waals surface area (Å²) in [6, 6.07) is 29.7. The van der Waals surface area contributed by atoms with Gasteiger partial charge in [-0.15, -0.1) is 22.7 Å². The lowest BCUT2D eigenvalue weighted by Crippen LogP contribution is -2.26. The number of benzene rings is 4. The number of rotatable bonds is 6. The summed E-state index contributed by atoms with van der Waals surface area (Å²) in [4.78, 5) is 57.0. The number of ketones is 2. The van der Waals surface area contributed by atoms with Crippen LogP contribution in [0.25, 0.3) is 37.4 Å². The van der Waals surface area contributed by atoms with Crippen molar-refractivity contribution in [1.29, 1.82) is 0 Å². The van der Waals surface area contributed by atoms with Crippen LogP contribution in [0.15, 0.2) is 90.5 Å². The van der Waals surface area contributed by atoms with Crippen molar-refractivity contribution in [2.45, 2.75) is 64.3 Å². The van der Waals surface area contributed by atoms with Gasteiger partial charge in [0.25, 0.3) is 0 Å². The number of hydrogen-bond acceptors (Lipinski definition) is 7. The summed E-state index contributed by atoms with van der Waals surface area (Å²) in [6.45, 7) is 8.69. The van der Waals surface area contributed by atoms with E-state index in [1.54, 1.807) is 17.4 Å². The highest BCUT2D eigenvalue weighted by Crippen LogP contribution is 2.56. The van der Waals surface area contributed by atoms with Crippen molar-refractivity contribution in [3.8, 4) is 31.3 Å². The zero-order valence-corrected chi connectivity index (χ0v) is 33.4. The summed E-state index contributed by atoms with van der Waals surface area (Å²) >= 11 is 3.23. The second-order valence-electron chi connectivity index (χ2n) is 16.2. The minimum absolute atomic E-state index is 0.0256. The Kier molecular flexibility index (Phi) is 7.82. The fraction of sp³-hybridized carbons (Fsp3) is 0.208. The highest BCUT2D eigenvalue weighted by Gasteiger charge is 2.43. The molecule has 1 saturated carbocycles. The molecule has 2 N–H and O–H groups in total. The molecule has 3 heterocycles. The Labute approximate surface area is 337 Å². The first-order valence-corrected chi connectivity index (χ1v) is 20.8. The van der Waals surface area contributed by atoms with Gasteiger partial charge in [0.2, 0.25) is 0 Å². The molecule has 0 amide bonds. The SMILES string of the molecule is Cc1cc(-c2sc(-c3ccc4c(c3)C3CCCC3N4c3ccc4c(c3)-c3ccccc3C4(C)C)cc2C)sc1C=C1C(=O)c2cc(C(=O)O)c(C(=O)O)cc2C1=O. The minimum Gasteiger partial charge on any atom is -0.478 e. The van der Waals surface area contributed by atoms with E-state index in [9.17, 15) is 29.4 Å². The summed E-state index contributed by atoms with van der Waals surface area (Å²) in [5, 5.41) is 19.1. The predicted molar refractivity (Wildman–Crippen MR) is 226 cm³/mol. The maximum absolute atomic E-state index is 13.4. The number of carbonyl (C=O) groups excluding carboxylic acids is 2. The van der Waals surface area contributed by atoms with Gasteiger partial charge < -0.3 is 15.1 Å². The third-order valence-corrected chi connectivity index (χ3v) is 15.2. The molecule has 9 heteroatoms. The monoisotopic (exact) mass is 787 g/mol. The topological polar surface area (TPSA) is 112 Å². The molecule has 2 aromatic heterocycles. The Hall–Kier alpha value is -5.90. The number of aryl methyl sites for hydroxylation is 2. The summed E-state index contributed by atoms with van der Waals surface area (Å²) in [5.74, 6) is -3.70. The first-order chi connectivity index (χ1) is 27.3. The summed E-state index contributed by atoms with van der Waals surface area (Å²) in [6.07, 6.45) is 5.12. The average molecular weight is 788 g/mol. The molecule has 1 aliphatic heterocycles. The van der Waals surface area contributed by atoms with Gasteiger partial charge in [0.05, 0.1) is 16.7 Å². The molecule has 0 spiro atoms. The number of carboxylic acid groups (broad SMARTS) is 2. The fourth-order valence-corrected chi connectivity index (χ4v) is 12.3. The first kappa shape index (κ1) is 35.5. The Bertz CT molecular complexity index is 2800. The van der Waals surface area contributed by atoms with Crippen molar-refractivity contribution < 1.29 is 29.4 Å². The maximum Gasteiger partial charge on any atom is 0.336 e. The van der Waals surface area contributed by atoms with Crippen molar-refractivity contribution in [2.24, 2.45) is 0 Å². The van der Waals surface area contributed by atoms with E-state index in [0.29, 0.717) is 12.0 Å². The van der Waals surface area contributed by atoms with Gasteiger partial charge >= 0.3 is 11.9 Å². The molecule has 10 rings (SSSR count). The van der Waals surface area contributed by atoms with Crippen molar-refractivity contribution >= 4 is 63.6 Å². The molecule has 2 atom stereocenters. The van der Waals surface area contributed by atoms with Crippen LogP contribution in [0.2, 0.25) is 0 Å². The van der Waals surface area contributed by atoms with E-state index >= 15 is 0 Å². The van der Waals surface area contributed by atoms with Gasteiger partial charge in [-0.25, -0.2) is 9.59 Å². The highest BCUT2D eigenvalue weighted by atomic mass is 32.1. The molecule has 2 unspecified atom stereocenters. The van der Waals surface area contributed by atoms with Crippen molar-refractivity contribution in [3.05, 3.63) is 145 Å². The molecule has 0 bridgehead atoms. The van der Waals surface area contributed by atoms with Crippen LogP contribution in [-0.2, 0) is 5.41 Å². The molecule has 7 nitrogen and oxygen atoms in total. The van der Waals surface area contributed by atoms with Crippen LogP contribution in [0.1, 0.15) is 113 Å². The van der Waals surface area contributed by atoms with Gasteiger partial charge in [-0.1, -0.05) is 56.7 Å². The lowest BCUT2D eigenvalue weighted by Gasteiger charge is -2.28. The van der Waals surface area contributed by atoms with Crippen LogP contribution >= 0.6 is 22.7 Å². The summed E-state index contributed by atoms with van der Waals surface area (Å²) in [5.41, 5.74) is 11.3. The lowest BCUT2D eigenvalue weighted by molar-refractivity contribution is 0.0651. The van der Waals surface area contributed by atoms with E-state index in [-0.39, 0.29) is 22.1 Å². The first-order valence-electron chi connectivity index (χ1n) is 19.2. The zero-order valence-electron chi connectivity index (χ0n) is 31.7. The number of Topliss-reactive ketones (excluding diaryl/α,β-unsaturated/α-hetero) is 2. The predicted octanol–water partition coefficient (Wildman–Crippen LogP) is 11.7. The number of carboxylic acids is 2. The second kappa shape index (κ2) is 12.6. The van der Waals surface area contributed by atoms with E-state index in [1.807, 2.05) is 6.92 Å². The Morgan fingerprint density at radius 3 is 2.14 bits per heavy atom. The zero-order chi connectivity index (χ0) is 39.7. The standard InChI is InChI=1S/C48H37NO6S2/c1-23-16-42(56-40(23)22-35-43(50)31-20-33(46(52)53)34(47(54)55)21-32(31)44(35)51)45-24(2)17-41(57-45)25-12-15-39-30(18-25)28-9-7-11-38(28)49(39)26-13-14-37-29(19-26)27-8-5-6-10-36(27)48(37,3)4/h5-6,8,10,12-22,28,38H,7,9,11H2,1-4H3,(H,52,53)(H,54,55). The number of nitrogens with zero attached hydrogens (tertiary/aromatic N) is 1. The number of anilines is 2. The van der Waals surface area contributed by atoms with Crippen molar-refractivity contribution in [1.82, 2.24) is 0 Å². The molecule has 282 valence electrons. The third-order valence-electron chi connectivity index (χ3n) is 12.6. The van der Waals surface area contributed by atoms with Gasteiger partial charge in [0, 0.05) is 59.4 Å². The molecule has 57 heavy (non-hydrogen) atoms. The van der Waals surface area contributed by atoms with Crippen LogP contribution in [0, 0.1) is 13.8 Å². The van der Waals surface area contributed by atoms with Crippen LogP contribution < -0.4 is 4.90 Å². The number of allylic oxidation sites excluding steroid dienone is 1. The number of thiophene rings is 2. The maximum atomic E-state index is 13.4. The van der Waals surface area contributed by atoms with E-state index in [1.165, 1.54) is 80.2 Å². The quantitative estimate of drug-likeness (QED) is 0.128. The fourth-order valence-electron chi connectivity index (χ4n) is 9.81. The summed E-state index contributed by atoms with van der Waals surface area (Å²) < 4.78 is 0. The largest absolute Gasteiger partial charge is 0.478 e. The Morgan fingerprint density at radius 2 is 1.42 bits per heavy atom. The average Bonchev–Trinajstić information content (AvgIpc) is 4.03. The summed E-state index contributed by atoms with van der Waals surface area (Å²) in [7, 11) is 0. The van der Waals surface area contributed by atoms with E-state index in [4.69, 9.17) is 0 Å². The number of aromatic carboxylic acids is 2. The van der Waals surface area contributed by atoms with Crippen LogP contribution in [0.5, 0.6) is 0 Å². The van der Waals surface area contributed by atoms with Crippen molar-refractivity contribution in [3.63, 3.8) is 0 Å². The van der Waals surface area contributed by atoms with Crippen LogP contribution in [-0.4, -0.2) is 39.8 Å². The molecular weight excluding hydrogens is 751 g/mol. The molecule has 1 fully saturated rings. The highest BCUT2D eigenvalue weighted by molar-refractivity contribution is 7.24. The third kappa shape index (κ3) is 5.21. The van der Waals surface area contributed by atoms with Crippen LogP contribution in [0.4, 0.5) is 11.4 Å². The normalized spacial score (nSPS) is 18.4. The van der Waals surface area contributed by atoms with Crippen molar-refractivity contribution in [2.75, 3.05) is 4.90 Å². The minimum atomic E-state index is -1.48. The van der Waals surface area contributed by atoms with Gasteiger partial charge in [-0.05, 0) is 126 Å². The molecule has 4 aliphatic rings. The molecule has 0 radical (unpaired) electrons. The lowest BCUT2D eigenvalue weighted by atomic mass is 9.82. The molecule has 6 aromatic rings. The number of hydrogen-bond donors (Lipinski definition) is 2. The van der Waals surface area contributed by atoms with Gasteiger partial charge in [0.15, 0.2) is 11.6 Å². The smallest absolute Gasteiger partial charge is 0.336 e. The van der Waals surface area contributed by atoms with Gasteiger partial charge in [-0.3, -0.25) is 9.59 Å². The molecule has 3 aliphatic carbocycles. The number of fused-ring (bicyclic) bond motifs is 7. The van der Waals surface area contributed by atoms with E-state index in [0.717, 1.165) is 37.9 Å². The molecular formula is C48H37NO6S2. The molecule has 0 saturated heterocycles. The van der Waals surface area contributed by atoms with E-state index in [2.05, 4.69) is 98.5 Å². The van der Waals surface area contributed by atoms with Gasteiger partial charge in [0.1, 0.15) is 0 Å². The van der Waals surface area contributed by atoms with Crippen LogP contribution in [0.3, 0.4) is 0 Å². The Balaban J connectivity index is 0.964. The van der Waals surface area contributed by atoms with E-state index < -0.39 is 34.6 Å². The molecule has 4 aromatic carbocycles.